The number of carbonyl (C=O) groups is 1. The fraction of sp³-hybridized carbons (Fsp3) is 0.563. The number of aliphatic hydroxyl groups is 3. The zero-order valence-corrected chi connectivity index (χ0v) is 52.7. The first-order chi connectivity index (χ1) is 37.0. The van der Waals surface area contributed by atoms with Crippen LogP contribution in [-0.4, -0.2) is 59.0 Å². The molecule has 0 spiro atoms. The fourth-order valence-corrected chi connectivity index (χ4v) is 18.1. The van der Waals surface area contributed by atoms with Crippen LogP contribution in [0, 0.1) is 70.0 Å². The lowest BCUT2D eigenvalue weighted by Gasteiger charge is -2.42. The maximum atomic E-state index is 14.1. The van der Waals surface area contributed by atoms with Gasteiger partial charge < -0.3 is 24.3 Å². The predicted molar refractivity (Wildman–Crippen MR) is 335 cm³/mol. The molecule has 8 heteroatoms. The van der Waals surface area contributed by atoms with E-state index in [2.05, 4.69) is 142 Å². The molecule has 0 amide bonds. The maximum Gasteiger partial charge on any atom is 0.185 e. The Labute approximate surface area is 480 Å². The Balaban J connectivity index is 0.000000193. The van der Waals surface area contributed by atoms with Crippen LogP contribution in [0.3, 0.4) is 0 Å². The summed E-state index contributed by atoms with van der Waals surface area (Å²) in [5.41, 5.74) is 7.66. The number of hydrogen-bond acceptors (Lipinski definition) is 6. The van der Waals surface area contributed by atoms with Gasteiger partial charge in [0, 0.05) is 48.4 Å². The summed E-state index contributed by atoms with van der Waals surface area (Å²) in [6.07, 6.45) is 24.0. The molecule has 2 unspecified atom stereocenters. The molecule has 3 N–H and O–H groups in total. The standard InChI is InChI=1S/C27H38O3.C23H27OP.C21H34O2Si/c1-18(8-6-14-26(3,4)30)23-12-13-24-20(9-7-15-27(23,24)5)10-11-21-16-22(28)17-25(29)19(21)2;1-18-16-19(2)20(3)21(17-18)14-15-25(24,22-10-6-4-7-11-22)23-12-8-5-9-13-23;1-16(10-8-14-20(2,3)23-24(5,6)7)17-12-13-18-19(22)11-9-15-21(17,18)4/h10-12,18,22,24-25,28-30H,2,7-9,13,15-17H2,1,3-5H3;4-14,18-19H,3,15-17H2,1-2H3;12,16,18H,9-11,13,15H2,1-7H3/b20-10+,21-11-;21-14-;/t18-,22+,24?,25+,27-;18-,19+;16-,18?,21-/m111/s1. The molecule has 0 radical (unpaired) electrons. The lowest BCUT2D eigenvalue weighted by Crippen LogP contribution is -2.37. The molecule has 4 fully saturated rings. The Morgan fingerprint density at radius 1 is 0.759 bits per heavy atom. The number of allylic oxidation sites excluding steroid dienone is 10. The molecule has 4 saturated carbocycles. The van der Waals surface area contributed by atoms with E-state index in [1.54, 1.807) is 13.8 Å². The van der Waals surface area contributed by atoms with Crippen molar-refractivity contribution < 1.29 is 29.1 Å². The van der Waals surface area contributed by atoms with Crippen LogP contribution in [0.2, 0.25) is 19.6 Å². The second-order valence-corrected chi connectivity index (χ2v) is 34.2. The van der Waals surface area contributed by atoms with Crippen LogP contribution in [0.4, 0.5) is 0 Å². The minimum absolute atomic E-state index is 0.0841. The van der Waals surface area contributed by atoms with Crippen molar-refractivity contribution in [3.8, 4) is 23.7 Å². The number of rotatable bonds is 11. The van der Waals surface area contributed by atoms with Crippen LogP contribution < -0.4 is 10.6 Å². The molecule has 0 heterocycles. The van der Waals surface area contributed by atoms with E-state index in [4.69, 9.17) is 4.43 Å². The molecule has 79 heavy (non-hydrogen) atoms. The molecular formula is C71H99O6PSi. The minimum Gasteiger partial charge on any atom is -0.402 e. The number of fused-ring (bicyclic) bond motifs is 2. The average molecular weight is 1110 g/mol. The zero-order chi connectivity index (χ0) is 58.1. The van der Waals surface area contributed by atoms with Gasteiger partial charge in [0.25, 0.3) is 0 Å². The number of aliphatic hydroxyl groups excluding tert-OH is 2. The Morgan fingerprint density at radius 2 is 1.29 bits per heavy atom. The van der Waals surface area contributed by atoms with Gasteiger partial charge in [-0.25, -0.2) is 0 Å². The normalized spacial score (nSPS) is 29.5. The predicted octanol–water partition coefficient (Wildman–Crippen LogP) is 15.7. The van der Waals surface area contributed by atoms with E-state index < -0.39 is 33.3 Å². The SMILES string of the molecule is C=C1/C(=C\C=C2/CCC[C@]3(C)C([C@H](C)CC#CC(C)(C)O)=CCC23)C[C@H](O)C[C@@H]1O.C=C1/C(=C\CP(=O)(c2ccccc2)c2ccccc2)C[C@H](C)C[C@@H]1C.C[C@H](CC#CC(C)(C)O[Si](C)(C)C)C1=CCC2C(=O)CCC[C@]12C. The molecule has 0 aromatic heterocycles. The topological polar surface area (TPSA) is 104 Å². The van der Waals surface area contributed by atoms with Crippen molar-refractivity contribution in [3.05, 3.63) is 143 Å². The number of ketones is 1. The Hall–Kier alpha value is -4.30. The molecule has 10 atom stereocenters. The number of carbonyl (C=O) groups excluding carboxylic acids is 1. The molecule has 6 aliphatic carbocycles. The van der Waals surface area contributed by atoms with Gasteiger partial charge in [0.1, 0.15) is 24.1 Å². The summed E-state index contributed by atoms with van der Waals surface area (Å²) in [6.45, 7) is 36.3. The summed E-state index contributed by atoms with van der Waals surface area (Å²) >= 11 is 0. The van der Waals surface area contributed by atoms with Crippen molar-refractivity contribution in [3.63, 3.8) is 0 Å². The minimum atomic E-state index is -2.67. The quantitative estimate of drug-likeness (QED) is 0.0896. The molecule has 428 valence electrons. The smallest absolute Gasteiger partial charge is 0.185 e. The third-order valence-electron chi connectivity index (χ3n) is 17.9. The van der Waals surface area contributed by atoms with Gasteiger partial charge in [0.05, 0.1) is 12.2 Å². The van der Waals surface area contributed by atoms with Gasteiger partial charge in [-0.1, -0.05) is 186 Å². The Kier molecular flexibility index (Phi) is 21.6. The monoisotopic (exact) mass is 1110 g/mol. The van der Waals surface area contributed by atoms with Gasteiger partial charge in [-0.3, -0.25) is 4.79 Å². The molecule has 2 aromatic carbocycles. The van der Waals surface area contributed by atoms with E-state index in [0.29, 0.717) is 54.4 Å². The van der Waals surface area contributed by atoms with Crippen LogP contribution >= 0.6 is 7.14 Å². The molecule has 0 aliphatic heterocycles. The second-order valence-electron chi connectivity index (χ2n) is 26.9. The highest BCUT2D eigenvalue weighted by Crippen LogP contribution is 2.57. The van der Waals surface area contributed by atoms with Gasteiger partial charge in [0.2, 0.25) is 0 Å². The highest BCUT2D eigenvalue weighted by atomic mass is 31.2. The second kappa shape index (κ2) is 26.7. The van der Waals surface area contributed by atoms with Gasteiger partial charge >= 0.3 is 0 Å². The lowest BCUT2D eigenvalue weighted by atomic mass is 9.62. The third-order valence-corrected chi connectivity index (χ3v) is 22.0. The van der Waals surface area contributed by atoms with E-state index in [-0.39, 0.29) is 22.3 Å². The van der Waals surface area contributed by atoms with Crippen molar-refractivity contribution in [1.29, 1.82) is 0 Å². The van der Waals surface area contributed by atoms with Gasteiger partial charge in [-0.15, -0.1) is 0 Å². The summed E-state index contributed by atoms with van der Waals surface area (Å²) in [7, 11) is -4.26. The first-order valence-electron chi connectivity index (χ1n) is 29.9. The van der Waals surface area contributed by atoms with E-state index in [0.717, 1.165) is 79.5 Å². The highest BCUT2D eigenvalue weighted by Gasteiger charge is 2.48. The summed E-state index contributed by atoms with van der Waals surface area (Å²) < 4.78 is 20.2. The third kappa shape index (κ3) is 16.7. The molecule has 2 aromatic rings. The van der Waals surface area contributed by atoms with E-state index in [1.165, 1.54) is 47.1 Å². The van der Waals surface area contributed by atoms with Crippen LogP contribution in [0.15, 0.2) is 143 Å². The lowest BCUT2D eigenvalue weighted by molar-refractivity contribution is -0.128. The van der Waals surface area contributed by atoms with E-state index >= 15 is 0 Å². The summed E-state index contributed by atoms with van der Waals surface area (Å²) in [6, 6.07) is 19.8. The molecule has 8 rings (SSSR count). The number of benzene rings is 2. The average Bonchev–Trinajstić information content (AvgIpc) is 4.10. The fourth-order valence-electron chi connectivity index (χ4n) is 14.0. The van der Waals surface area contributed by atoms with Crippen LogP contribution in [0.5, 0.6) is 0 Å². The van der Waals surface area contributed by atoms with Crippen molar-refractivity contribution in [2.45, 2.75) is 202 Å². The first-order valence-corrected chi connectivity index (χ1v) is 35.2. The van der Waals surface area contributed by atoms with E-state index in [9.17, 15) is 24.7 Å². The van der Waals surface area contributed by atoms with Crippen LogP contribution in [0.25, 0.3) is 0 Å². The van der Waals surface area contributed by atoms with Crippen molar-refractivity contribution in [1.82, 2.24) is 0 Å². The zero-order valence-electron chi connectivity index (χ0n) is 50.8. The summed E-state index contributed by atoms with van der Waals surface area (Å²) in [5.74, 6) is 16.0. The van der Waals surface area contributed by atoms with E-state index in [1.807, 2.05) is 60.7 Å². The number of Topliss-reactive ketones (excluding diaryl/α,β-unsaturated/α-hetero) is 1. The highest BCUT2D eigenvalue weighted by molar-refractivity contribution is 7.78. The van der Waals surface area contributed by atoms with Gasteiger partial charge in [-0.2, -0.15) is 0 Å². The van der Waals surface area contributed by atoms with Crippen molar-refractivity contribution in [2.75, 3.05) is 6.16 Å². The van der Waals surface area contributed by atoms with Crippen LogP contribution in [0.1, 0.15) is 159 Å². The van der Waals surface area contributed by atoms with Crippen molar-refractivity contribution >= 4 is 31.9 Å². The molecule has 6 aliphatic rings. The summed E-state index contributed by atoms with van der Waals surface area (Å²) in [4.78, 5) is 12.3. The first kappa shape index (κ1) is 63.9. The van der Waals surface area contributed by atoms with Crippen molar-refractivity contribution in [2.24, 2.45) is 46.3 Å². The molecule has 0 saturated heterocycles. The Morgan fingerprint density at radius 3 is 1.85 bits per heavy atom. The molecular weight excluding hydrogens is 1010 g/mol. The molecule has 6 nitrogen and oxygen atoms in total. The maximum absolute atomic E-state index is 14.1. The van der Waals surface area contributed by atoms with Gasteiger partial charge in [0.15, 0.2) is 8.32 Å². The summed E-state index contributed by atoms with van der Waals surface area (Å²) in [5, 5.41) is 31.8. The molecule has 0 bridgehead atoms. The largest absolute Gasteiger partial charge is 0.402 e. The Bertz CT molecular complexity index is 2790. The number of hydrogen-bond donors (Lipinski definition) is 3. The van der Waals surface area contributed by atoms with Crippen LogP contribution in [-0.2, 0) is 13.8 Å². The van der Waals surface area contributed by atoms with Gasteiger partial charge in [-0.05, 0) is 174 Å².